The van der Waals surface area contributed by atoms with Crippen molar-refractivity contribution in [1.29, 1.82) is 0 Å². The number of piperidine rings is 1. The number of nitrogens with zero attached hydrogens (tertiary/aromatic N) is 1. The molecule has 7 heteroatoms. The summed E-state index contributed by atoms with van der Waals surface area (Å²) in [6.45, 7) is 0. The van der Waals surface area contributed by atoms with Gasteiger partial charge in [0.25, 0.3) is 5.91 Å². The van der Waals surface area contributed by atoms with Crippen molar-refractivity contribution in [2.45, 2.75) is 25.1 Å². The molecule has 20 heavy (non-hydrogen) atoms. The van der Waals surface area contributed by atoms with E-state index in [-0.39, 0.29) is 18.7 Å². The van der Waals surface area contributed by atoms with Gasteiger partial charge in [0.1, 0.15) is 6.04 Å². The third kappa shape index (κ3) is 1.94. The molecule has 2 aliphatic rings. The Morgan fingerprint density at radius 3 is 2.75 bits per heavy atom. The van der Waals surface area contributed by atoms with Gasteiger partial charge in [0.2, 0.25) is 11.8 Å². The minimum absolute atomic E-state index is 0.160. The summed E-state index contributed by atoms with van der Waals surface area (Å²) >= 11 is 3.27. The molecule has 6 nitrogen and oxygen atoms in total. The number of fused-ring (bicyclic) bond motifs is 1. The molecule has 1 fully saturated rings. The summed E-state index contributed by atoms with van der Waals surface area (Å²) in [4.78, 5) is 36.5. The van der Waals surface area contributed by atoms with Gasteiger partial charge in [0.05, 0.1) is 0 Å². The van der Waals surface area contributed by atoms with Crippen molar-refractivity contribution in [3.05, 3.63) is 33.8 Å². The fraction of sp³-hybridized carbons (Fsp3) is 0.308. The normalized spacial score (nSPS) is 25.7. The van der Waals surface area contributed by atoms with Crippen LogP contribution >= 0.6 is 15.9 Å². The summed E-state index contributed by atoms with van der Waals surface area (Å²) in [5, 5.41) is 12.5. The number of aliphatic hydroxyl groups excluding tert-OH is 1. The third-order valence-electron chi connectivity index (χ3n) is 3.57. The molecule has 104 valence electrons. The van der Waals surface area contributed by atoms with E-state index in [1.54, 1.807) is 18.2 Å². The molecule has 2 unspecified atom stereocenters. The Hall–Kier alpha value is -1.73. The standard InChI is InChI=1S/C13H11BrN2O4/c14-6-1-2-7-8(5-6)13(20)16(12(7)19)9-3-4-10(17)15-11(9)18/h1-2,5,9,12,19H,3-4H2,(H,15,17,18). The van der Waals surface area contributed by atoms with Crippen molar-refractivity contribution >= 4 is 33.7 Å². The largest absolute Gasteiger partial charge is 0.369 e. The molecule has 2 N–H and O–H groups in total. The zero-order valence-corrected chi connectivity index (χ0v) is 11.9. The lowest BCUT2D eigenvalue weighted by atomic mass is 10.0. The first-order valence-electron chi connectivity index (χ1n) is 6.13. The quantitative estimate of drug-likeness (QED) is 0.738. The second-order valence-corrected chi connectivity index (χ2v) is 5.70. The van der Waals surface area contributed by atoms with Gasteiger partial charge in [-0.25, -0.2) is 0 Å². The van der Waals surface area contributed by atoms with E-state index in [1.165, 1.54) is 0 Å². The van der Waals surface area contributed by atoms with E-state index in [0.717, 1.165) is 9.37 Å². The van der Waals surface area contributed by atoms with E-state index in [2.05, 4.69) is 21.2 Å². The summed E-state index contributed by atoms with van der Waals surface area (Å²) in [6, 6.07) is 4.17. The first-order chi connectivity index (χ1) is 9.49. The number of carbonyl (C=O) groups is 3. The lowest BCUT2D eigenvalue weighted by Crippen LogP contribution is -2.53. The van der Waals surface area contributed by atoms with Crippen LogP contribution in [0, 0.1) is 0 Å². The van der Waals surface area contributed by atoms with Gasteiger partial charge < -0.3 is 5.11 Å². The molecule has 1 aromatic carbocycles. The van der Waals surface area contributed by atoms with Gasteiger partial charge in [-0.05, 0) is 18.6 Å². The van der Waals surface area contributed by atoms with Gasteiger partial charge >= 0.3 is 0 Å². The van der Waals surface area contributed by atoms with Gasteiger partial charge in [0.15, 0.2) is 6.23 Å². The number of aliphatic hydroxyl groups is 1. The average molecular weight is 339 g/mol. The van der Waals surface area contributed by atoms with E-state index in [0.29, 0.717) is 11.1 Å². The van der Waals surface area contributed by atoms with Gasteiger partial charge in [-0.2, -0.15) is 0 Å². The van der Waals surface area contributed by atoms with Crippen LogP contribution in [0.5, 0.6) is 0 Å². The van der Waals surface area contributed by atoms with E-state index in [9.17, 15) is 19.5 Å². The van der Waals surface area contributed by atoms with Crippen LogP contribution in [0.25, 0.3) is 0 Å². The summed E-state index contributed by atoms with van der Waals surface area (Å²) in [5.41, 5.74) is 0.847. The zero-order valence-electron chi connectivity index (χ0n) is 10.3. The van der Waals surface area contributed by atoms with Crippen LogP contribution in [0.1, 0.15) is 35.0 Å². The summed E-state index contributed by atoms with van der Waals surface area (Å²) in [6.07, 6.45) is -0.773. The maximum absolute atomic E-state index is 12.4. The lowest BCUT2D eigenvalue weighted by molar-refractivity contribution is -0.139. The zero-order chi connectivity index (χ0) is 14.4. The second kappa shape index (κ2) is 4.68. The van der Waals surface area contributed by atoms with Crippen LogP contribution in [-0.2, 0) is 9.59 Å². The number of hydrogen-bond acceptors (Lipinski definition) is 4. The molecule has 2 aliphatic heterocycles. The smallest absolute Gasteiger partial charge is 0.257 e. The first-order valence-corrected chi connectivity index (χ1v) is 6.92. The molecule has 0 bridgehead atoms. The van der Waals surface area contributed by atoms with Crippen molar-refractivity contribution in [1.82, 2.24) is 10.2 Å². The van der Waals surface area contributed by atoms with Crippen LogP contribution < -0.4 is 5.32 Å². The SMILES string of the molecule is O=C1CCC(N2C(=O)c3cc(Br)ccc3C2O)C(=O)N1. The average Bonchev–Trinajstić information content (AvgIpc) is 2.63. The second-order valence-electron chi connectivity index (χ2n) is 4.78. The van der Waals surface area contributed by atoms with Gasteiger partial charge in [-0.15, -0.1) is 0 Å². The number of amides is 3. The minimum atomic E-state index is -1.16. The Morgan fingerprint density at radius 1 is 1.30 bits per heavy atom. The van der Waals surface area contributed by atoms with Crippen molar-refractivity contribution < 1.29 is 19.5 Å². The number of nitrogens with one attached hydrogen (secondary N) is 1. The summed E-state index contributed by atoms with van der Waals surface area (Å²) in [7, 11) is 0. The van der Waals surface area contributed by atoms with Gasteiger partial charge in [-0.3, -0.25) is 24.6 Å². The molecule has 2 atom stereocenters. The molecule has 0 aromatic heterocycles. The molecular weight excluding hydrogens is 328 g/mol. The van der Waals surface area contributed by atoms with Gasteiger partial charge in [0, 0.05) is 22.0 Å². The predicted molar refractivity (Wildman–Crippen MR) is 71.4 cm³/mol. The molecule has 1 saturated heterocycles. The maximum atomic E-state index is 12.4. The Balaban J connectivity index is 1.95. The molecule has 0 radical (unpaired) electrons. The number of carbonyl (C=O) groups excluding carboxylic acids is 3. The summed E-state index contributed by atoms with van der Waals surface area (Å²) in [5.74, 6) is -1.29. The number of halogens is 1. The number of imide groups is 1. The van der Waals surface area contributed by atoms with Crippen LogP contribution in [-0.4, -0.2) is 33.8 Å². The van der Waals surface area contributed by atoms with Crippen LogP contribution in [0.15, 0.2) is 22.7 Å². The predicted octanol–water partition coefficient (Wildman–Crippen LogP) is 0.701. The maximum Gasteiger partial charge on any atom is 0.257 e. The first kappa shape index (κ1) is 13.3. The van der Waals surface area contributed by atoms with Crippen molar-refractivity contribution in [3.8, 4) is 0 Å². The molecular formula is C13H11BrN2O4. The molecule has 3 amide bonds. The van der Waals surface area contributed by atoms with Crippen LogP contribution in [0.3, 0.4) is 0 Å². The minimum Gasteiger partial charge on any atom is -0.369 e. The van der Waals surface area contributed by atoms with E-state index < -0.39 is 24.1 Å². The van der Waals surface area contributed by atoms with E-state index in [4.69, 9.17) is 0 Å². The van der Waals surface area contributed by atoms with Crippen molar-refractivity contribution in [2.75, 3.05) is 0 Å². The highest BCUT2D eigenvalue weighted by Gasteiger charge is 2.44. The molecule has 0 saturated carbocycles. The number of hydrogen-bond donors (Lipinski definition) is 2. The fourth-order valence-corrected chi connectivity index (χ4v) is 2.96. The number of rotatable bonds is 1. The molecule has 0 aliphatic carbocycles. The summed E-state index contributed by atoms with van der Waals surface area (Å²) < 4.78 is 0.724. The Morgan fingerprint density at radius 2 is 2.05 bits per heavy atom. The molecule has 1 aromatic rings. The highest BCUT2D eigenvalue weighted by molar-refractivity contribution is 9.10. The Labute approximate surface area is 122 Å². The third-order valence-corrected chi connectivity index (χ3v) is 4.06. The Kier molecular flexibility index (Phi) is 3.10. The monoisotopic (exact) mass is 338 g/mol. The van der Waals surface area contributed by atoms with Crippen molar-refractivity contribution in [3.63, 3.8) is 0 Å². The molecule has 2 heterocycles. The number of benzene rings is 1. The topological polar surface area (TPSA) is 86.7 Å². The van der Waals surface area contributed by atoms with E-state index >= 15 is 0 Å². The highest BCUT2D eigenvalue weighted by atomic mass is 79.9. The Bertz CT molecular complexity index is 631. The van der Waals surface area contributed by atoms with Crippen molar-refractivity contribution in [2.24, 2.45) is 0 Å². The highest BCUT2D eigenvalue weighted by Crippen LogP contribution is 2.36. The van der Waals surface area contributed by atoms with Gasteiger partial charge in [-0.1, -0.05) is 22.0 Å². The van der Waals surface area contributed by atoms with E-state index in [1.807, 2.05) is 0 Å². The molecule has 3 rings (SSSR count). The lowest BCUT2D eigenvalue weighted by Gasteiger charge is -2.31. The molecule has 0 spiro atoms. The fourth-order valence-electron chi connectivity index (χ4n) is 2.60. The van der Waals surface area contributed by atoms with Crippen LogP contribution in [0.4, 0.5) is 0 Å². The van der Waals surface area contributed by atoms with Crippen LogP contribution in [0.2, 0.25) is 0 Å².